The van der Waals surface area contributed by atoms with Crippen molar-refractivity contribution in [2.45, 2.75) is 4.51 Å². The third-order valence-electron chi connectivity index (χ3n) is 2.13. The molecule has 1 unspecified atom stereocenters. The monoisotopic (exact) mass is 239 g/mol. The lowest BCUT2D eigenvalue weighted by Gasteiger charge is -2.28. The molecule has 0 aliphatic carbocycles. The van der Waals surface area contributed by atoms with E-state index >= 15 is 0 Å². The van der Waals surface area contributed by atoms with Crippen LogP contribution in [0.4, 0.5) is 5.69 Å². The lowest BCUT2D eigenvalue weighted by Crippen LogP contribution is -2.22. The molecule has 2 nitrogen and oxygen atoms in total. The van der Waals surface area contributed by atoms with E-state index in [-0.39, 0.29) is 0 Å². The van der Waals surface area contributed by atoms with Crippen LogP contribution in [0.15, 0.2) is 36.5 Å². The van der Waals surface area contributed by atoms with Crippen LogP contribution in [-0.2, 0) is 9.25 Å². The number of para-hydroxylation sites is 1. The van der Waals surface area contributed by atoms with E-state index in [0.717, 1.165) is 11.3 Å². The Labute approximate surface area is 85.7 Å². The highest BCUT2D eigenvalue weighted by molar-refractivity contribution is 9.09. The molecule has 1 aliphatic rings. The maximum Gasteiger partial charge on any atom is 0.170 e. The number of halogens is 1. The Morgan fingerprint density at radius 2 is 2.15 bits per heavy atom. The molecule has 1 aromatic carbocycles. The van der Waals surface area contributed by atoms with E-state index in [1.807, 2.05) is 36.5 Å². The van der Waals surface area contributed by atoms with Crippen LogP contribution in [0.2, 0.25) is 0 Å². The Balaban J connectivity index is 2.54. The molecule has 1 heterocycles. The van der Waals surface area contributed by atoms with E-state index in [1.54, 1.807) is 7.11 Å². The molecule has 68 valence electrons. The Morgan fingerprint density at radius 1 is 1.38 bits per heavy atom. The largest absolute Gasteiger partial charge is 0.362 e. The molecule has 1 aliphatic heterocycles. The van der Waals surface area contributed by atoms with E-state index in [1.165, 1.54) is 0 Å². The molecule has 1 N–H and O–H groups in total. The number of rotatable bonds is 1. The summed E-state index contributed by atoms with van der Waals surface area (Å²) in [5.74, 6) is 0. The molecule has 0 fully saturated rings. The number of ether oxygens (including phenoxy) is 1. The first kappa shape index (κ1) is 8.78. The zero-order valence-electron chi connectivity index (χ0n) is 7.25. The van der Waals surface area contributed by atoms with Crippen molar-refractivity contribution in [1.29, 1.82) is 0 Å². The lowest BCUT2D eigenvalue weighted by atomic mass is 10.0. The number of benzene rings is 1. The van der Waals surface area contributed by atoms with Crippen LogP contribution in [-0.4, -0.2) is 7.11 Å². The topological polar surface area (TPSA) is 21.3 Å². The predicted molar refractivity (Wildman–Crippen MR) is 56.8 cm³/mol. The van der Waals surface area contributed by atoms with Crippen molar-refractivity contribution in [2.75, 3.05) is 12.4 Å². The second-order valence-electron chi connectivity index (χ2n) is 2.87. The number of hydrogen-bond donors (Lipinski definition) is 1. The van der Waals surface area contributed by atoms with Crippen molar-refractivity contribution >= 4 is 21.6 Å². The summed E-state index contributed by atoms with van der Waals surface area (Å²) in [6.07, 6.45) is 3.82. The van der Waals surface area contributed by atoms with E-state index in [4.69, 9.17) is 4.74 Å². The summed E-state index contributed by atoms with van der Waals surface area (Å²) in [7, 11) is 1.68. The molecule has 1 aromatic rings. The zero-order chi connectivity index (χ0) is 9.31. The van der Waals surface area contributed by atoms with Gasteiger partial charge in [-0.25, -0.2) is 0 Å². The number of methoxy groups -OCH3 is 1. The molecule has 0 bridgehead atoms. The van der Waals surface area contributed by atoms with E-state index in [2.05, 4.69) is 21.2 Å². The van der Waals surface area contributed by atoms with Gasteiger partial charge in [0.2, 0.25) is 0 Å². The van der Waals surface area contributed by atoms with Gasteiger partial charge in [-0.15, -0.1) is 0 Å². The second-order valence-corrected chi connectivity index (χ2v) is 4.05. The first-order chi connectivity index (χ1) is 6.26. The summed E-state index contributed by atoms with van der Waals surface area (Å²) in [6.45, 7) is 0. The fourth-order valence-electron chi connectivity index (χ4n) is 1.41. The van der Waals surface area contributed by atoms with Crippen LogP contribution in [0.25, 0.3) is 0 Å². The minimum atomic E-state index is -0.477. The molecule has 0 amide bonds. The Hall–Kier alpha value is -0.800. The van der Waals surface area contributed by atoms with Crippen molar-refractivity contribution in [2.24, 2.45) is 0 Å². The molecule has 1 atom stereocenters. The van der Waals surface area contributed by atoms with Crippen molar-refractivity contribution in [3.05, 3.63) is 42.1 Å². The van der Waals surface area contributed by atoms with Crippen LogP contribution in [0.5, 0.6) is 0 Å². The Morgan fingerprint density at radius 3 is 2.92 bits per heavy atom. The summed E-state index contributed by atoms with van der Waals surface area (Å²) in [5.41, 5.74) is 2.17. The Kier molecular flexibility index (Phi) is 2.14. The lowest BCUT2D eigenvalue weighted by molar-refractivity contribution is 0.117. The Bertz CT molecular complexity index is 351. The zero-order valence-corrected chi connectivity index (χ0v) is 8.84. The van der Waals surface area contributed by atoms with Gasteiger partial charge < -0.3 is 10.1 Å². The van der Waals surface area contributed by atoms with Crippen LogP contribution >= 0.6 is 15.9 Å². The molecule has 3 heteroatoms. The molecule has 2 rings (SSSR count). The fraction of sp³-hybridized carbons (Fsp3) is 0.200. The minimum absolute atomic E-state index is 0.477. The maximum absolute atomic E-state index is 5.39. The average molecular weight is 240 g/mol. The van der Waals surface area contributed by atoms with Gasteiger partial charge in [0.25, 0.3) is 0 Å². The molecule has 13 heavy (non-hydrogen) atoms. The van der Waals surface area contributed by atoms with Gasteiger partial charge in [-0.2, -0.15) is 0 Å². The average Bonchev–Trinajstić information content (AvgIpc) is 2.19. The number of anilines is 1. The first-order valence-corrected chi connectivity index (χ1v) is 4.83. The number of hydrogen-bond acceptors (Lipinski definition) is 2. The molecule has 0 saturated heterocycles. The van der Waals surface area contributed by atoms with Gasteiger partial charge in [-0.1, -0.05) is 18.2 Å². The van der Waals surface area contributed by atoms with Crippen molar-refractivity contribution in [3.63, 3.8) is 0 Å². The smallest absolute Gasteiger partial charge is 0.170 e. The van der Waals surface area contributed by atoms with Gasteiger partial charge in [0.15, 0.2) is 4.51 Å². The van der Waals surface area contributed by atoms with Gasteiger partial charge in [0.1, 0.15) is 0 Å². The number of fused-ring (bicyclic) bond motifs is 1. The van der Waals surface area contributed by atoms with Gasteiger partial charge >= 0.3 is 0 Å². The van der Waals surface area contributed by atoms with Crippen molar-refractivity contribution < 1.29 is 4.74 Å². The van der Waals surface area contributed by atoms with Crippen molar-refractivity contribution in [1.82, 2.24) is 0 Å². The normalized spacial score (nSPS) is 25.1. The molecule has 0 aromatic heterocycles. The summed E-state index contributed by atoms with van der Waals surface area (Å²) < 4.78 is 4.92. The summed E-state index contributed by atoms with van der Waals surface area (Å²) in [5, 5.41) is 3.16. The maximum atomic E-state index is 5.39. The first-order valence-electron chi connectivity index (χ1n) is 4.04. The number of alkyl halides is 1. The number of nitrogens with one attached hydrogen (secondary N) is 1. The van der Waals surface area contributed by atoms with E-state index in [0.29, 0.717) is 0 Å². The van der Waals surface area contributed by atoms with Crippen LogP contribution in [0.3, 0.4) is 0 Å². The molecule has 0 spiro atoms. The standard InChI is InChI=1S/C10H10BrNO/c1-13-10(11)6-7-12-9-5-3-2-4-8(9)10/h2-7,12H,1H3. The highest BCUT2D eigenvalue weighted by atomic mass is 79.9. The minimum Gasteiger partial charge on any atom is -0.362 e. The van der Waals surface area contributed by atoms with Crippen LogP contribution in [0, 0.1) is 0 Å². The van der Waals surface area contributed by atoms with Gasteiger partial charge in [-0.3, -0.25) is 0 Å². The molecule has 0 saturated carbocycles. The SMILES string of the molecule is COC1(Br)C=CNc2ccccc21. The van der Waals surface area contributed by atoms with Crippen molar-refractivity contribution in [3.8, 4) is 0 Å². The summed E-state index contributed by atoms with van der Waals surface area (Å²) in [6, 6.07) is 8.04. The highest BCUT2D eigenvalue weighted by Crippen LogP contribution is 2.40. The third-order valence-corrected chi connectivity index (χ3v) is 3.14. The fourth-order valence-corrected chi connectivity index (χ4v) is 1.89. The quantitative estimate of drug-likeness (QED) is 0.762. The van der Waals surface area contributed by atoms with Gasteiger partial charge in [0.05, 0.1) is 0 Å². The third kappa shape index (κ3) is 1.38. The van der Waals surface area contributed by atoms with Crippen LogP contribution in [0.1, 0.15) is 5.56 Å². The highest BCUT2D eigenvalue weighted by Gasteiger charge is 2.29. The molecular formula is C10H10BrNO. The van der Waals surface area contributed by atoms with Gasteiger partial charge in [0, 0.05) is 24.6 Å². The van der Waals surface area contributed by atoms with E-state index in [9.17, 15) is 0 Å². The molecular weight excluding hydrogens is 230 g/mol. The van der Waals surface area contributed by atoms with Gasteiger partial charge in [-0.05, 0) is 28.1 Å². The van der Waals surface area contributed by atoms with Crippen LogP contribution < -0.4 is 5.32 Å². The predicted octanol–water partition coefficient (Wildman–Crippen LogP) is 2.82. The summed E-state index contributed by atoms with van der Waals surface area (Å²) >= 11 is 3.54. The summed E-state index contributed by atoms with van der Waals surface area (Å²) in [4.78, 5) is 0. The second kappa shape index (κ2) is 3.16. The molecule has 0 radical (unpaired) electrons. The van der Waals surface area contributed by atoms with E-state index < -0.39 is 4.51 Å².